The first-order valence-corrected chi connectivity index (χ1v) is 8.10. The molecule has 148 valence electrons. The van der Waals surface area contributed by atoms with E-state index in [1.807, 2.05) is 0 Å². The van der Waals surface area contributed by atoms with Crippen LogP contribution >= 0.6 is 0 Å². The van der Waals surface area contributed by atoms with Crippen LogP contribution in [-0.4, -0.2) is 61.7 Å². The lowest BCUT2D eigenvalue weighted by Crippen LogP contribution is -2.34. The third-order valence-corrected chi connectivity index (χ3v) is 4.05. The highest BCUT2D eigenvalue weighted by atomic mass is 16.5. The number of hydrogen-bond donors (Lipinski definition) is 1. The molecule has 1 aromatic carbocycles. The molecular formula is C19H19NO8. The maximum absolute atomic E-state index is 12.8. The van der Waals surface area contributed by atoms with E-state index in [1.54, 1.807) is 30.3 Å². The van der Waals surface area contributed by atoms with Crippen molar-refractivity contribution in [2.45, 2.75) is 6.54 Å². The molecule has 2 rings (SSSR count). The van der Waals surface area contributed by atoms with Crippen molar-refractivity contribution in [3.63, 3.8) is 0 Å². The predicted molar refractivity (Wildman–Crippen MR) is 94.6 cm³/mol. The van der Waals surface area contributed by atoms with Crippen molar-refractivity contribution in [1.29, 1.82) is 0 Å². The second kappa shape index (κ2) is 8.85. The molecule has 0 bridgehead atoms. The number of nitrogens with zero attached hydrogens (tertiary/aromatic N) is 1. The number of carbonyl (C=O) groups is 4. The van der Waals surface area contributed by atoms with Gasteiger partial charge in [0.15, 0.2) is 5.76 Å². The van der Waals surface area contributed by atoms with Crippen molar-refractivity contribution in [2.75, 3.05) is 27.9 Å². The Balaban J connectivity index is 2.70. The average molecular weight is 389 g/mol. The van der Waals surface area contributed by atoms with E-state index >= 15 is 0 Å². The van der Waals surface area contributed by atoms with E-state index in [9.17, 15) is 24.3 Å². The normalized spacial score (nSPS) is 14.5. The van der Waals surface area contributed by atoms with Crippen molar-refractivity contribution < 1.29 is 38.5 Å². The van der Waals surface area contributed by atoms with E-state index in [-0.39, 0.29) is 12.1 Å². The molecule has 9 nitrogen and oxygen atoms in total. The Kier molecular flexibility index (Phi) is 6.54. The van der Waals surface area contributed by atoms with Crippen LogP contribution < -0.4 is 0 Å². The number of aliphatic hydroxyl groups excluding tert-OH is 1. The summed E-state index contributed by atoms with van der Waals surface area (Å²) < 4.78 is 13.9. The molecule has 28 heavy (non-hydrogen) atoms. The van der Waals surface area contributed by atoms with Crippen LogP contribution in [-0.2, 0) is 39.9 Å². The van der Waals surface area contributed by atoms with Gasteiger partial charge in [-0.05, 0) is 5.56 Å². The van der Waals surface area contributed by atoms with Crippen LogP contribution in [0.25, 0.3) is 0 Å². The lowest BCUT2D eigenvalue weighted by molar-refractivity contribution is -0.140. The molecule has 9 heteroatoms. The van der Waals surface area contributed by atoms with Gasteiger partial charge in [-0.25, -0.2) is 14.4 Å². The molecule has 1 aromatic rings. The molecular weight excluding hydrogens is 370 g/mol. The van der Waals surface area contributed by atoms with Gasteiger partial charge < -0.3 is 24.2 Å². The molecule has 0 radical (unpaired) electrons. The molecule has 0 saturated carbocycles. The third-order valence-electron chi connectivity index (χ3n) is 4.05. The van der Waals surface area contributed by atoms with Gasteiger partial charge in [0.25, 0.3) is 5.91 Å². The van der Waals surface area contributed by atoms with E-state index in [4.69, 9.17) is 4.74 Å². The van der Waals surface area contributed by atoms with Crippen LogP contribution in [0.3, 0.4) is 0 Å². The molecule has 0 spiro atoms. The average Bonchev–Trinajstić information content (AvgIpc) is 2.83. The zero-order valence-corrected chi connectivity index (χ0v) is 15.6. The van der Waals surface area contributed by atoms with Crippen molar-refractivity contribution in [3.05, 3.63) is 58.4 Å². The Labute approximate surface area is 160 Å². The summed E-state index contributed by atoms with van der Waals surface area (Å²) in [5.41, 5.74) is -0.949. The number of ether oxygens (including phenoxy) is 3. The van der Waals surface area contributed by atoms with E-state index in [1.165, 1.54) is 0 Å². The summed E-state index contributed by atoms with van der Waals surface area (Å²) in [6, 6.07) is 8.77. The van der Waals surface area contributed by atoms with Crippen LogP contribution in [0.1, 0.15) is 5.56 Å². The SMILES string of the molecule is COC(=O)C1=C(C(=O)OC)C(C(=O)OC)=C(O)C(=O)N(Cc2ccccc2)C1. The molecule has 1 N–H and O–H groups in total. The first kappa shape index (κ1) is 20.7. The van der Waals surface area contributed by atoms with Gasteiger partial charge in [0, 0.05) is 6.54 Å². The molecule has 1 heterocycles. The fourth-order valence-corrected chi connectivity index (χ4v) is 2.72. The highest BCUT2D eigenvalue weighted by Gasteiger charge is 2.39. The minimum absolute atomic E-state index is 0.00708. The summed E-state index contributed by atoms with van der Waals surface area (Å²) in [6.07, 6.45) is 0. The Morgan fingerprint density at radius 1 is 0.929 bits per heavy atom. The number of amides is 1. The Morgan fingerprint density at radius 2 is 1.46 bits per heavy atom. The monoisotopic (exact) mass is 389 g/mol. The van der Waals surface area contributed by atoms with Gasteiger partial charge in [-0.15, -0.1) is 0 Å². The summed E-state index contributed by atoms with van der Waals surface area (Å²) >= 11 is 0. The molecule has 0 saturated heterocycles. The summed E-state index contributed by atoms with van der Waals surface area (Å²) in [7, 11) is 3.12. The first-order chi connectivity index (χ1) is 13.3. The maximum Gasteiger partial charge on any atom is 0.342 e. The Bertz CT molecular complexity index is 869. The molecule has 0 aliphatic carbocycles. The van der Waals surface area contributed by atoms with Crippen LogP contribution in [0.5, 0.6) is 0 Å². The lowest BCUT2D eigenvalue weighted by atomic mass is 9.99. The molecule has 1 aliphatic heterocycles. The van der Waals surface area contributed by atoms with Gasteiger partial charge in [0.1, 0.15) is 5.57 Å². The number of aliphatic hydroxyl groups is 1. The maximum atomic E-state index is 12.8. The molecule has 0 aromatic heterocycles. The number of benzene rings is 1. The second-order valence-electron chi connectivity index (χ2n) is 5.70. The summed E-state index contributed by atoms with van der Waals surface area (Å²) in [4.78, 5) is 50.8. The number of esters is 3. The summed E-state index contributed by atoms with van der Waals surface area (Å²) in [5, 5.41) is 10.4. The number of methoxy groups -OCH3 is 3. The van der Waals surface area contributed by atoms with Gasteiger partial charge in [-0.2, -0.15) is 0 Å². The van der Waals surface area contributed by atoms with Crippen LogP contribution in [0.4, 0.5) is 0 Å². The Hall–Kier alpha value is -3.62. The van der Waals surface area contributed by atoms with Crippen LogP contribution in [0.15, 0.2) is 52.8 Å². The van der Waals surface area contributed by atoms with Crippen molar-refractivity contribution >= 4 is 23.8 Å². The largest absolute Gasteiger partial charge is 0.502 e. The van der Waals surface area contributed by atoms with Crippen molar-refractivity contribution in [1.82, 2.24) is 4.90 Å². The second-order valence-corrected chi connectivity index (χ2v) is 5.70. The van der Waals surface area contributed by atoms with Gasteiger partial charge in [0.05, 0.1) is 39.0 Å². The van der Waals surface area contributed by atoms with Gasteiger partial charge in [-0.3, -0.25) is 4.79 Å². The standard InChI is InChI=1S/C19H19NO8/c1-26-17(23)12-10-20(9-11-7-5-4-6-8-11)16(22)15(21)14(19(25)28-3)13(12)18(24)27-2/h4-8,21H,9-10H2,1-3H3. The molecule has 0 atom stereocenters. The van der Waals surface area contributed by atoms with Gasteiger partial charge >= 0.3 is 17.9 Å². The van der Waals surface area contributed by atoms with Crippen LogP contribution in [0.2, 0.25) is 0 Å². The van der Waals surface area contributed by atoms with E-state index in [0.717, 1.165) is 26.2 Å². The highest BCUT2D eigenvalue weighted by molar-refractivity contribution is 6.16. The van der Waals surface area contributed by atoms with Gasteiger partial charge in [0.2, 0.25) is 0 Å². The van der Waals surface area contributed by atoms with E-state index < -0.39 is 47.3 Å². The Morgan fingerprint density at radius 3 is 2.00 bits per heavy atom. The fourth-order valence-electron chi connectivity index (χ4n) is 2.72. The molecule has 0 fully saturated rings. The quantitative estimate of drug-likeness (QED) is 0.576. The number of hydrogen-bond acceptors (Lipinski definition) is 8. The van der Waals surface area contributed by atoms with Crippen molar-refractivity contribution in [3.8, 4) is 0 Å². The van der Waals surface area contributed by atoms with E-state index in [0.29, 0.717) is 5.56 Å². The van der Waals surface area contributed by atoms with Crippen molar-refractivity contribution in [2.24, 2.45) is 0 Å². The molecule has 1 aliphatic rings. The smallest absolute Gasteiger partial charge is 0.342 e. The highest BCUT2D eigenvalue weighted by Crippen LogP contribution is 2.28. The third kappa shape index (κ3) is 4.03. The number of rotatable bonds is 5. The molecule has 1 amide bonds. The summed E-state index contributed by atoms with van der Waals surface area (Å²) in [6.45, 7) is -0.386. The zero-order chi connectivity index (χ0) is 20.8. The zero-order valence-electron chi connectivity index (χ0n) is 15.6. The lowest BCUT2D eigenvalue weighted by Gasteiger charge is -2.21. The van der Waals surface area contributed by atoms with Gasteiger partial charge in [-0.1, -0.05) is 30.3 Å². The predicted octanol–water partition coefficient (Wildman–Crippen LogP) is 0.656. The number of carbonyl (C=O) groups excluding carboxylic acids is 4. The fraction of sp³-hybridized carbons (Fsp3) is 0.263. The summed E-state index contributed by atoms with van der Waals surface area (Å²) in [5.74, 6) is -5.20. The van der Waals surface area contributed by atoms with E-state index in [2.05, 4.69) is 9.47 Å². The van der Waals surface area contributed by atoms with Crippen LogP contribution in [0, 0.1) is 0 Å². The first-order valence-electron chi connectivity index (χ1n) is 8.10. The topological polar surface area (TPSA) is 119 Å². The minimum Gasteiger partial charge on any atom is -0.502 e. The minimum atomic E-state index is -1.17. The molecule has 0 unspecified atom stereocenters.